The van der Waals surface area contributed by atoms with Crippen LogP contribution in [-0.2, 0) is 19.1 Å². The first kappa shape index (κ1) is 21.6. The quantitative estimate of drug-likeness (QED) is 0.268. The molecule has 0 N–H and O–H groups in total. The molecule has 6 heteroatoms. The zero-order valence-electron chi connectivity index (χ0n) is 13.4. The highest BCUT2D eigenvalue weighted by molar-refractivity contribution is 7.80. The van der Waals surface area contributed by atoms with Gasteiger partial charge in [-0.15, -0.1) is 0 Å². The van der Waals surface area contributed by atoms with E-state index in [9.17, 15) is 9.59 Å². The van der Waals surface area contributed by atoms with Gasteiger partial charge in [0, 0.05) is 12.8 Å². The van der Waals surface area contributed by atoms with E-state index >= 15 is 0 Å². The van der Waals surface area contributed by atoms with Crippen molar-refractivity contribution in [1.29, 1.82) is 0 Å². The van der Waals surface area contributed by atoms with Gasteiger partial charge >= 0.3 is 11.9 Å². The van der Waals surface area contributed by atoms with Crippen LogP contribution in [0, 0.1) is 0 Å². The van der Waals surface area contributed by atoms with Gasteiger partial charge in [0.15, 0.2) is 0 Å². The number of thiol groups is 2. The molecule has 0 fully saturated rings. The first-order valence-electron chi connectivity index (χ1n) is 8.23. The van der Waals surface area contributed by atoms with Gasteiger partial charge in [0.1, 0.15) is 0 Å². The third kappa shape index (κ3) is 16.0. The Bertz CT molecular complexity index is 257. The van der Waals surface area contributed by atoms with E-state index in [1.807, 2.05) is 0 Å². The predicted molar refractivity (Wildman–Crippen MR) is 95.8 cm³/mol. The average molecular weight is 351 g/mol. The highest BCUT2D eigenvalue weighted by Crippen LogP contribution is 2.09. The maximum atomic E-state index is 11.3. The van der Waals surface area contributed by atoms with Gasteiger partial charge in [0.05, 0.1) is 13.2 Å². The minimum absolute atomic E-state index is 0.106. The van der Waals surface area contributed by atoms with Crippen molar-refractivity contribution in [2.24, 2.45) is 0 Å². The van der Waals surface area contributed by atoms with Crippen molar-refractivity contribution in [1.82, 2.24) is 0 Å². The first-order chi connectivity index (χ1) is 10.7. The van der Waals surface area contributed by atoms with Crippen molar-refractivity contribution in [2.75, 3.05) is 24.7 Å². The number of carbonyl (C=O) groups is 2. The summed E-state index contributed by atoms with van der Waals surface area (Å²) in [7, 11) is 0. The second kappa shape index (κ2) is 17.0. The summed E-state index contributed by atoms with van der Waals surface area (Å²) >= 11 is 8.12. The molecule has 0 rings (SSSR count). The minimum atomic E-state index is -0.106. The fourth-order valence-electron chi connectivity index (χ4n) is 1.89. The van der Waals surface area contributed by atoms with Crippen molar-refractivity contribution in [3.8, 4) is 0 Å². The third-order valence-corrected chi connectivity index (χ3v) is 3.78. The number of esters is 2. The SMILES string of the molecule is O=C(CCCCCCCCC(=O)OCCCS)OCCCS. The molecule has 0 saturated heterocycles. The van der Waals surface area contributed by atoms with E-state index < -0.39 is 0 Å². The lowest BCUT2D eigenvalue weighted by Gasteiger charge is -2.05. The Morgan fingerprint density at radius 3 is 1.32 bits per heavy atom. The number of ether oxygens (including phenoxy) is 2. The standard InChI is InChI=1S/C16H30O4S2/c17-15(19-11-7-13-21)9-5-3-1-2-4-6-10-16(18)20-12-8-14-22/h21-22H,1-14H2. The van der Waals surface area contributed by atoms with Crippen molar-refractivity contribution >= 4 is 37.2 Å². The Morgan fingerprint density at radius 2 is 0.955 bits per heavy atom. The number of hydrogen-bond acceptors (Lipinski definition) is 6. The molecule has 0 aliphatic carbocycles. The summed E-state index contributed by atoms with van der Waals surface area (Å²) < 4.78 is 10.1. The second-order valence-corrected chi connectivity index (χ2v) is 6.11. The van der Waals surface area contributed by atoms with Gasteiger partial charge in [-0.1, -0.05) is 25.7 Å². The van der Waals surface area contributed by atoms with E-state index in [0.717, 1.165) is 62.9 Å². The molecular formula is C16H30O4S2. The first-order valence-corrected chi connectivity index (χ1v) is 9.50. The monoisotopic (exact) mass is 350 g/mol. The molecule has 0 bridgehead atoms. The second-order valence-electron chi connectivity index (χ2n) is 5.22. The van der Waals surface area contributed by atoms with E-state index in [-0.39, 0.29) is 11.9 Å². The molecule has 4 nitrogen and oxygen atoms in total. The van der Waals surface area contributed by atoms with E-state index in [2.05, 4.69) is 25.3 Å². The highest BCUT2D eigenvalue weighted by Gasteiger charge is 2.03. The summed E-state index contributed by atoms with van der Waals surface area (Å²) in [5, 5.41) is 0. The lowest BCUT2D eigenvalue weighted by atomic mass is 10.1. The molecule has 22 heavy (non-hydrogen) atoms. The lowest BCUT2D eigenvalue weighted by molar-refractivity contribution is -0.144. The number of unbranched alkanes of at least 4 members (excludes halogenated alkanes) is 5. The third-order valence-electron chi connectivity index (χ3n) is 3.14. The number of rotatable bonds is 15. The number of carbonyl (C=O) groups excluding carboxylic acids is 2. The molecule has 0 aromatic rings. The number of hydrogen-bond donors (Lipinski definition) is 2. The van der Waals surface area contributed by atoms with Gasteiger partial charge < -0.3 is 9.47 Å². The van der Waals surface area contributed by atoms with Crippen LogP contribution >= 0.6 is 25.3 Å². The Labute approximate surface area is 145 Å². The summed E-state index contributed by atoms with van der Waals surface area (Å²) in [5.41, 5.74) is 0. The molecule has 0 heterocycles. The highest BCUT2D eigenvalue weighted by atomic mass is 32.1. The molecule has 0 aliphatic rings. The van der Waals surface area contributed by atoms with Crippen LogP contribution in [0.25, 0.3) is 0 Å². The van der Waals surface area contributed by atoms with Crippen LogP contribution < -0.4 is 0 Å². The van der Waals surface area contributed by atoms with Gasteiger partial charge in [0.25, 0.3) is 0 Å². The summed E-state index contributed by atoms with van der Waals surface area (Å²) in [6.07, 6.45) is 8.66. The zero-order valence-corrected chi connectivity index (χ0v) is 15.2. The van der Waals surface area contributed by atoms with Gasteiger partial charge in [0.2, 0.25) is 0 Å². The van der Waals surface area contributed by atoms with Crippen LogP contribution in [0.5, 0.6) is 0 Å². The van der Waals surface area contributed by atoms with Crippen molar-refractivity contribution in [3.63, 3.8) is 0 Å². The molecule has 0 saturated carbocycles. The smallest absolute Gasteiger partial charge is 0.305 e. The molecule has 0 spiro atoms. The van der Waals surface area contributed by atoms with E-state index in [1.54, 1.807) is 0 Å². The summed E-state index contributed by atoms with van der Waals surface area (Å²) in [4.78, 5) is 22.7. The summed E-state index contributed by atoms with van der Waals surface area (Å²) in [6, 6.07) is 0. The molecular weight excluding hydrogens is 320 g/mol. The molecule has 0 atom stereocenters. The van der Waals surface area contributed by atoms with Gasteiger partial charge in [-0.05, 0) is 37.2 Å². The molecule has 0 radical (unpaired) electrons. The molecule has 130 valence electrons. The zero-order chi connectivity index (χ0) is 16.5. The molecule has 0 amide bonds. The molecule has 0 unspecified atom stereocenters. The fraction of sp³-hybridized carbons (Fsp3) is 0.875. The van der Waals surface area contributed by atoms with Crippen LogP contribution in [0.2, 0.25) is 0 Å². The molecule has 0 aliphatic heterocycles. The maximum Gasteiger partial charge on any atom is 0.305 e. The summed E-state index contributed by atoms with van der Waals surface area (Å²) in [6.45, 7) is 0.957. The Morgan fingerprint density at radius 1 is 0.591 bits per heavy atom. The van der Waals surface area contributed by atoms with Crippen LogP contribution in [0.3, 0.4) is 0 Å². The topological polar surface area (TPSA) is 52.6 Å². The van der Waals surface area contributed by atoms with Gasteiger partial charge in [-0.3, -0.25) is 9.59 Å². The Balaban J connectivity index is 3.23. The van der Waals surface area contributed by atoms with Crippen LogP contribution in [-0.4, -0.2) is 36.7 Å². The van der Waals surface area contributed by atoms with Crippen molar-refractivity contribution < 1.29 is 19.1 Å². The van der Waals surface area contributed by atoms with Gasteiger partial charge in [-0.2, -0.15) is 25.3 Å². The predicted octanol–water partition coefficient (Wildman–Crippen LogP) is 3.83. The van der Waals surface area contributed by atoms with E-state index in [4.69, 9.17) is 9.47 Å². The van der Waals surface area contributed by atoms with E-state index in [0.29, 0.717) is 26.1 Å². The maximum absolute atomic E-state index is 11.3. The van der Waals surface area contributed by atoms with Gasteiger partial charge in [-0.25, -0.2) is 0 Å². The van der Waals surface area contributed by atoms with E-state index in [1.165, 1.54) is 0 Å². The normalized spacial score (nSPS) is 10.5. The fourth-order valence-corrected chi connectivity index (χ4v) is 2.15. The Kier molecular flexibility index (Phi) is 16.7. The van der Waals surface area contributed by atoms with Crippen LogP contribution in [0.1, 0.15) is 64.2 Å². The molecule has 0 aromatic heterocycles. The van der Waals surface area contributed by atoms with Crippen molar-refractivity contribution in [3.05, 3.63) is 0 Å². The largest absolute Gasteiger partial charge is 0.466 e. The average Bonchev–Trinajstić information content (AvgIpc) is 2.50. The summed E-state index contributed by atoms with van der Waals surface area (Å²) in [5.74, 6) is 1.28. The lowest BCUT2D eigenvalue weighted by Crippen LogP contribution is -2.06. The van der Waals surface area contributed by atoms with Crippen LogP contribution in [0.15, 0.2) is 0 Å². The molecule has 0 aromatic carbocycles. The van der Waals surface area contributed by atoms with Crippen molar-refractivity contribution in [2.45, 2.75) is 64.2 Å². The minimum Gasteiger partial charge on any atom is -0.466 e. The van der Waals surface area contributed by atoms with Crippen LogP contribution in [0.4, 0.5) is 0 Å². The Hall–Kier alpha value is -0.360.